The van der Waals surface area contributed by atoms with Crippen molar-refractivity contribution >= 4 is 0 Å². The number of nitrogens with one attached hydrogen (secondary N) is 2. The average molecular weight is 426 g/mol. The molecule has 6 heteroatoms. The Hall–Kier alpha value is -2.28. The van der Waals surface area contributed by atoms with Crippen LogP contribution in [0.5, 0.6) is 17.2 Å². The summed E-state index contributed by atoms with van der Waals surface area (Å²) in [4.78, 5) is 2.46. The summed E-state index contributed by atoms with van der Waals surface area (Å²) in [6, 6.07) is 14.0. The number of phenols is 1. The van der Waals surface area contributed by atoms with E-state index in [0.29, 0.717) is 12.4 Å². The van der Waals surface area contributed by atoms with E-state index >= 15 is 0 Å². The number of nitrogens with zero attached hydrogens (tertiary/aromatic N) is 1. The van der Waals surface area contributed by atoms with Crippen LogP contribution in [0, 0.1) is 5.92 Å². The fraction of sp³-hybridized carbons (Fsp3) is 0.520. The van der Waals surface area contributed by atoms with Gasteiger partial charge in [0.25, 0.3) is 0 Å². The van der Waals surface area contributed by atoms with Gasteiger partial charge in [-0.2, -0.15) is 0 Å². The second-order valence-electron chi connectivity index (χ2n) is 8.95. The number of hydrogen-bond acceptors (Lipinski definition) is 6. The Morgan fingerprint density at radius 3 is 2.39 bits per heavy atom. The number of benzene rings is 2. The van der Waals surface area contributed by atoms with Gasteiger partial charge in [0.15, 0.2) is 0 Å². The van der Waals surface area contributed by atoms with E-state index in [0.717, 1.165) is 36.9 Å². The highest BCUT2D eigenvalue weighted by Crippen LogP contribution is 2.41. The number of phenolic OH excluding ortho intramolecular Hbond substituents is 1. The van der Waals surface area contributed by atoms with Crippen molar-refractivity contribution in [1.29, 1.82) is 0 Å². The summed E-state index contributed by atoms with van der Waals surface area (Å²) in [6.07, 6.45) is 2.54. The molecule has 2 aliphatic heterocycles. The van der Waals surface area contributed by atoms with Gasteiger partial charge >= 0.3 is 0 Å². The van der Waals surface area contributed by atoms with Gasteiger partial charge in [-0.1, -0.05) is 25.1 Å². The highest BCUT2D eigenvalue weighted by Gasteiger charge is 2.36. The molecule has 6 nitrogen and oxygen atoms in total. The minimum absolute atomic E-state index is 0.0345. The topological polar surface area (TPSA) is 66.0 Å². The van der Waals surface area contributed by atoms with Crippen molar-refractivity contribution < 1.29 is 14.6 Å². The molecule has 2 aromatic rings. The maximum atomic E-state index is 10.8. The number of likely N-dealkylation sites (tertiary alicyclic amines) is 1. The first-order chi connectivity index (χ1) is 15.0. The maximum absolute atomic E-state index is 10.8. The summed E-state index contributed by atoms with van der Waals surface area (Å²) in [6.45, 7) is 8.35. The van der Waals surface area contributed by atoms with Crippen molar-refractivity contribution in [1.82, 2.24) is 15.8 Å². The molecule has 3 atom stereocenters. The Kier molecular flexibility index (Phi) is 7.00. The van der Waals surface area contributed by atoms with E-state index in [1.165, 1.54) is 18.4 Å². The van der Waals surface area contributed by atoms with Gasteiger partial charge in [-0.15, -0.1) is 0 Å². The molecule has 0 aliphatic carbocycles. The fourth-order valence-corrected chi connectivity index (χ4v) is 4.72. The van der Waals surface area contributed by atoms with Crippen LogP contribution in [-0.2, 0) is 0 Å². The van der Waals surface area contributed by atoms with Gasteiger partial charge in [-0.25, -0.2) is 5.43 Å². The van der Waals surface area contributed by atoms with E-state index in [4.69, 9.17) is 9.47 Å². The minimum Gasteiger partial charge on any atom is -0.507 e. The fourth-order valence-electron chi connectivity index (χ4n) is 4.72. The quantitative estimate of drug-likeness (QED) is 0.627. The first kappa shape index (κ1) is 21.9. The van der Waals surface area contributed by atoms with E-state index in [9.17, 15) is 5.11 Å². The number of ether oxygens (including phenoxy) is 2. The number of hydrazine groups is 1. The SMILES string of the molecule is COc1ccc(C2C(C)NNC2c2ccc(OCCN3CCC(C)CC3)cc2O)cc1. The number of methoxy groups -OCH3 is 1. The normalized spacial score (nSPS) is 24.9. The lowest BCUT2D eigenvalue weighted by Gasteiger charge is -2.30. The largest absolute Gasteiger partial charge is 0.507 e. The predicted molar refractivity (Wildman–Crippen MR) is 123 cm³/mol. The number of aromatic hydroxyl groups is 1. The number of rotatable bonds is 7. The van der Waals surface area contributed by atoms with E-state index < -0.39 is 0 Å². The van der Waals surface area contributed by atoms with Crippen LogP contribution in [0.2, 0.25) is 0 Å². The van der Waals surface area contributed by atoms with E-state index in [1.54, 1.807) is 13.2 Å². The molecule has 168 valence electrons. The van der Waals surface area contributed by atoms with Crippen molar-refractivity contribution in [3.05, 3.63) is 53.6 Å². The monoisotopic (exact) mass is 425 g/mol. The molecule has 0 amide bonds. The van der Waals surface area contributed by atoms with Gasteiger partial charge in [-0.05, 0) is 62.5 Å². The van der Waals surface area contributed by atoms with E-state index in [-0.39, 0.29) is 23.8 Å². The first-order valence-electron chi connectivity index (χ1n) is 11.4. The zero-order valence-corrected chi connectivity index (χ0v) is 18.8. The Bertz CT molecular complexity index is 850. The van der Waals surface area contributed by atoms with Crippen molar-refractivity contribution in [3.63, 3.8) is 0 Å². The lowest BCUT2D eigenvalue weighted by molar-refractivity contribution is 0.160. The zero-order valence-electron chi connectivity index (χ0n) is 18.8. The summed E-state index contributed by atoms with van der Waals surface area (Å²) in [5, 5.41) is 10.8. The third-order valence-corrected chi connectivity index (χ3v) is 6.75. The van der Waals surface area contributed by atoms with E-state index in [1.807, 2.05) is 24.3 Å². The van der Waals surface area contributed by atoms with Crippen molar-refractivity contribution in [2.75, 3.05) is 33.4 Å². The standard InChI is InChI=1S/C25H35N3O3/c1-17-10-12-28(13-11-17)14-15-31-21-8-9-22(23(29)16-21)25-24(18(2)26-27-25)19-4-6-20(30-3)7-5-19/h4-9,16-18,24-27,29H,10-15H2,1-3H3. The van der Waals surface area contributed by atoms with Crippen LogP contribution in [0.3, 0.4) is 0 Å². The summed E-state index contributed by atoms with van der Waals surface area (Å²) in [7, 11) is 1.67. The molecule has 0 radical (unpaired) electrons. The molecule has 3 unspecified atom stereocenters. The summed E-state index contributed by atoms with van der Waals surface area (Å²) < 4.78 is 11.2. The Balaban J connectivity index is 1.40. The third-order valence-electron chi connectivity index (χ3n) is 6.75. The number of piperidine rings is 1. The van der Waals surface area contributed by atoms with Crippen molar-refractivity contribution in [3.8, 4) is 17.2 Å². The molecular formula is C25H35N3O3. The molecule has 2 saturated heterocycles. The Morgan fingerprint density at radius 2 is 1.71 bits per heavy atom. The van der Waals surface area contributed by atoms with Crippen LogP contribution in [0.1, 0.15) is 49.8 Å². The van der Waals surface area contributed by atoms with Gasteiger partial charge in [-0.3, -0.25) is 10.3 Å². The average Bonchev–Trinajstić information content (AvgIpc) is 3.16. The van der Waals surface area contributed by atoms with Crippen molar-refractivity contribution in [2.45, 2.75) is 44.7 Å². The molecule has 31 heavy (non-hydrogen) atoms. The molecule has 2 aliphatic rings. The van der Waals surface area contributed by atoms with Gasteiger partial charge in [0.05, 0.1) is 13.2 Å². The molecule has 3 N–H and O–H groups in total. The summed E-state index contributed by atoms with van der Waals surface area (Å²) in [5.74, 6) is 2.84. The highest BCUT2D eigenvalue weighted by atomic mass is 16.5. The molecule has 4 rings (SSSR count). The van der Waals surface area contributed by atoms with Crippen LogP contribution < -0.4 is 20.3 Å². The van der Waals surface area contributed by atoms with Gasteiger partial charge in [0.1, 0.15) is 23.9 Å². The zero-order chi connectivity index (χ0) is 21.8. The first-order valence-corrected chi connectivity index (χ1v) is 11.4. The molecular weight excluding hydrogens is 390 g/mol. The van der Waals surface area contributed by atoms with Gasteiger partial charge < -0.3 is 14.6 Å². The second-order valence-corrected chi connectivity index (χ2v) is 8.95. The molecule has 2 heterocycles. The molecule has 2 aromatic carbocycles. The molecule has 0 aromatic heterocycles. The summed E-state index contributed by atoms with van der Waals surface area (Å²) >= 11 is 0. The lowest BCUT2D eigenvalue weighted by atomic mass is 9.84. The molecule has 0 bridgehead atoms. The van der Waals surface area contributed by atoms with Crippen LogP contribution in [0.25, 0.3) is 0 Å². The Labute approximate surface area is 185 Å². The van der Waals surface area contributed by atoms with Crippen LogP contribution in [0.15, 0.2) is 42.5 Å². The smallest absolute Gasteiger partial charge is 0.124 e. The minimum atomic E-state index is -0.0345. The Morgan fingerprint density at radius 1 is 1.00 bits per heavy atom. The van der Waals surface area contributed by atoms with E-state index in [2.05, 4.69) is 41.7 Å². The molecule has 2 fully saturated rings. The highest BCUT2D eigenvalue weighted by molar-refractivity contribution is 5.44. The molecule has 0 spiro atoms. The number of hydrogen-bond donors (Lipinski definition) is 3. The maximum Gasteiger partial charge on any atom is 0.124 e. The summed E-state index contributed by atoms with van der Waals surface area (Å²) in [5.41, 5.74) is 8.76. The third kappa shape index (κ3) is 5.14. The van der Waals surface area contributed by atoms with Crippen LogP contribution in [-0.4, -0.2) is 49.4 Å². The van der Waals surface area contributed by atoms with Crippen LogP contribution in [0.4, 0.5) is 0 Å². The van der Waals surface area contributed by atoms with Crippen LogP contribution >= 0.6 is 0 Å². The van der Waals surface area contributed by atoms with Crippen molar-refractivity contribution in [2.24, 2.45) is 5.92 Å². The second kappa shape index (κ2) is 9.90. The van der Waals surface area contributed by atoms with Gasteiger partial charge in [0.2, 0.25) is 0 Å². The predicted octanol–water partition coefficient (Wildman–Crippen LogP) is 3.83. The molecule has 0 saturated carbocycles. The van der Waals surface area contributed by atoms with Gasteiger partial charge in [0, 0.05) is 30.1 Å². The lowest BCUT2D eigenvalue weighted by Crippen LogP contribution is -2.35.